The summed E-state index contributed by atoms with van der Waals surface area (Å²) in [4.78, 5) is 25.3. The van der Waals surface area contributed by atoms with E-state index in [0.29, 0.717) is 17.7 Å². The minimum Gasteiger partial charge on any atom is -0.481 e. The second kappa shape index (κ2) is 6.86. The van der Waals surface area contributed by atoms with Crippen LogP contribution in [0.25, 0.3) is 0 Å². The molecule has 3 rings (SSSR count). The third-order valence-electron chi connectivity index (χ3n) is 4.34. The standard InChI is InChI=1S/C18H21N3O3/c1-13-10-19-21(11-13)16-3-2-8-20(12-16)18(24)15-6-4-14(5-7-15)9-17(22)23/h4-7,10-11,16H,2-3,8-9,12H2,1H3,(H,22,23). The molecule has 1 aromatic carbocycles. The lowest BCUT2D eigenvalue weighted by Gasteiger charge is -2.33. The Bertz CT molecular complexity index is 736. The van der Waals surface area contributed by atoms with E-state index >= 15 is 0 Å². The van der Waals surface area contributed by atoms with E-state index < -0.39 is 5.97 Å². The summed E-state index contributed by atoms with van der Waals surface area (Å²) in [5, 5.41) is 13.2. The van der Waals surface area contributed by atoms with Gasteiger partial charge in [0.05, 0.1) is 18.7 Å². The van der Waals surface area contributed by atoms with E-state index in [4.69, 9.17) is 5.11 Å². The molecule has 0 radical (unpaired) electrons. The van der Waals surface area contributed by atoms with E-state index in [1.807, 2.05) is 28.9 Å². The maximum absolute atomic E-state index is 12.7. The van der Waals surface area contributed by atoms with Crippen molar-refractivity contribution in [3.05, 3.63) is 53.3 Å². The van der Waals surface area contributed by atoms with Crippen LogP contribution in [0.2, 0.25) is 0 Å². The smallest absolute Gasteiger partial charge is 0.307 e. The number of carboxylic acids is 1. The Morgan fingerprint density at radius 3 is 2.67 bits per heavy atom. The van der Waals surface area contributed by atoms with E-state index in [0.717, 1.165) is 24.9 Å². The normalized spacial score (nSPS) is 17.7. The first-order chi connectivity index (χ1) is 11.5. The Labute approximate surface area is 140 Å². The van der Waals surface area contributed by atoms with Crippen molar-refractivity contribution < 1.29 is 14.7 Å². The molecule has 0 aliphatic carbocycles. The Balaban J connectivity index is 1.68. The van der Waals surface area contributed by atoms with Gasteiger partial charge >= 0.3 is 5.97 Å². The molecule has 6 nitrogen and oxygen atoms in total. The first-order valence-corrected chi connectivity index (χ1v) is 8.13. The van der Waals surface area contributed by atoms with Crippen molar-refractivity contribution >= 4 is 11.9 Å². The highest BCUT2D eigenvalue weighted by atomic mass is 16.4. The van der Waals surface area contributed by atoms with Crippen LogP contribution in [-0.4, -0.2) is 44.8 Å². The summed E-state index contributed by atoms with van der Waals surface area (Å²) in [5.74, 6) is -0.882. The zero-order chi connectivity index (χ0) is 17.1. The third-order valence-corrected chi connectivity index (χ3v) is 4.34. The lowest BCUT2D eigenvalue weighted by atomic mass is 10.0. The number of piperidine rings is 1. The van der Waals surface area contributed by atoms with Crippen LogP contribution < -0.4 is 0 Å². The molecule has 1 atom stereocenters. The zero-order valence-corrected chi connectivity index (χ0v) is 13.7. The number of nitrogens with zero attached hydrogens (tertiary/aromatic N) is 3. The third kappa shape index (κ3) is 3.64. The van der Waals surface area contributed by atoms with Crippen molar-refractivity contribution in [2.45, 2.75) is 32.2 Å². The van der Waals surface area contributed by atoms with Gasteiger partial charge in [0.25, 0.3) is 5.91 Å². The van der Waals surface area contributed by atoms with E-state index in [1.54, 1.807) is 24.3 Å². The van der Waals surface area contributed by atoms with Crippen LogP contribution in [-0.2, 0) is 11.2 Å². The molecule has 1 fully saturated rings. The lowest BCUT2D eigenvalue weighted by Crippen LogP contribution is -2.40. The molecule has 1 amide bonds. The average molecular weight is 327 g/mol. The fourth-order valence-electron chi connectivity index (χ4n) is 3.11. The highest BCUT2D eigenvalue weighted by molar-refractivity contribution is 5.94. The number of carbonyl (C=O) groups is 2. The molecule has 2 heterocycles. The highest BCUT2D eigenvalue weighted by Crippen LogP contribution is 2.22. The van der Waals surface area contributed by atoms with Gasteiger partial charge in [-0.05, 0) is 43.0 Å². The van der Waals surface area contributed by atoms with Gasteiger partial charge in [0.1, 0.15) is 0 Å². The Hall–Kier alpha value is -2.63. The first-order valence-electron chi connectivity index (χ1n) is 8.13. The number of carbonyl (C=O) groups excluding carboxylic acids is 1. The molecule has 0 bridgehead atoms. The van der Waals surface area contributed by atoms with E-state index in [-0.39, 0.29) is 18.4 Å². The zero-order valence-electron chi connectivity index (χ0n) is 13.7. The van der Waals surface area contributed by atoms with Gasteiger partial charge in [-0.2, -0.15) is 5.10 Å². The van der Waals surface area contributed by atoms with E-state index in [1.165, 1.54) is 0 Å². The maximum Gasteiger partial charge on any atom is 0.307 e. The van der Waals surface area contributed by atoms with Crippen LogP contribution in [0.4, 0.5) is 0 Å². The minimum absolute atomic E-state index is 0.00884. The molecule has 2 aromatic rings. The van der Waals surface area contributed by atoms with Gasteiger partial charge in [0, 0.05) is 24.8 Å². The second-order valence-corrected chi connectivity index (χ2v) is 6.31. The number of aryl methyl sites for hydroxylation is 1. The van der Waals surface area contributed by atoms with Crippen molar-refractivity contribution in [3.63, 3.8) is 0 Å². The van der Waals surface area contributed by atoms with Gasteiger partial charge in [0.2, 0.25) is 0 Å². The van der Waals surface area contributed by atoms with Gasteiger partial charge in [0.15, 0.2) is 0 Å². The molecule has 24 heavy (non-hydrogen) atoms. The molecule has 0 saturated carbocycles. The first kappa shape index (κ1) is 16.2. The van der Waals surface area contributed by atoms with Crippen LogP contribution in [0.3, 0.4) is 0 Å². The Morgan fingerprint density at radius 2 is 2.04 bits per heavy atom. The van der Waals surface area contributed by atoms with Gasteiger partial charge in [-0.1, -0.05) is 12.1 Å². The number of rotatable bonds is 4. The number of hydrogen-bond donors (Lipinski definition) is 1. The highest BCUT2D eigenvalue weighted by Gasteiger charge is 2.25. The number of hydrogen-bond acceptors (Lipinski definition) is 3. The van der Waals surface area contributed by atoms with Crippen molar-refractivity contribution in [1.29, 1.82) is 0 Å². The van der Waals surface area contributed by atoms with Gasteiger partial charge in [-0.15, -0.1) is 0 Å². The Kier molecular flexibility index (Phi) is 4.64. The summed E-state index contributed by atoms with van der Waals surface area (Å²) < 4.78 is 1.95. The van der Waals surface area contributed by atoms with Crippen molar-refractivity contribution in [2.24, 2.45) is 0 Å². The second-order valence-electron chi connectivity index (χ2n) is 6.31. The largest absolute Gasteiger partial charge is 0.481 e. The van der Waals surface area contributed by atoms with Crippen molar-refractivity contribution in [2.75, 3.05) is 13.1 Å². The average Bonchev–Trinajstić information content (AvgIpc) is 3.01. The molecule has 1 aromatic heterocycles. The quantitative estimate of drug-likeness (QED) is 0.935. The molecule has 0 spiro atoms. The fraction of sp³-hybridized carbons (Fsp3) is 0.389. The van der Waals surface area contributed by atoms with Crippen LogP contribution in [0.1, 0.15) is 40.4 Å². The number of amides is 1. The predicted octanol–water partition coefficient (Wildman–Crippen LogP) is 2.30. The number of benzene rings is 1. The summed E-state index contributed by atoms with van der Waals surface area (Å²) in [6, 6.07) is 7.05. The fourth-order valence-corrected chi connectivity index (χ4v) is 3.11. The van der Waals surface area contributed by atoms with Crippen LogP contribution >= 0.6 is 0 Å². The van der Waals surface area contributed by atoms with E-state index in [2.05, 4.69) is 5.10 Å². The molecule has 1 aliphatic rings. The number of carboxylic acid groups (broad SMARTS) is 1. The number of likely N-dealkylation sites (tertiary alicyclic amines) is 1. The monoisotopic (exact) mass is 327 g/mol. The van der Waals surface area contributed by atoms with Crippen molar-refractivity contribution in [1.82, 2.24) is 14.7 Å². The van der Waals surface area contributed by atoms with Gasteiger partial charge < -0.3 is 10.0 Å². The van der Waals surface area contributed by atoms with Gasteiger partial charge in [-0.3, -0.25) is 14.3 Å². The molecule has 1 unspecified atom stereocenters. The topological polar surface area (TPSA) is 75.4 Å². The van der Waals surface area contributed by atoms with Crippen LogP contribution in [0.5, 0.6) is 0 Å². The predicted molar refractivity (Wildman–Crippen MR) is 88.9 cm³/mol. The molecule has 6 heteroatoms. The van der Waals surface area contributed by atoms with Crippen molar-refractivity contribution in [3.8, 4) is 0 Å². The summed E-state index contributed by atoms with van der Waals surface area (Å²) in [6.07, 6.45) is 5.79. The Morgan fingerprint density at radius 1 is 1.29 bits per heavy atom. The molecule has 1 N–H and O–H groups in total. The summed E-state index contributed by atoms with van der Waals surface area (Å²) in [6.45, 7) is 3.40. The summed E-state index contributed by atoms with van der Waals surface area (Å²) in [7, 11) is 0. The number of aliphatic carboxylic acids is 1. The molecular weight excluding hydrogens is 306 g/mol. The minimum atomic E-state index is -0.873. The van der Waals surface area contributed by atoms with E-state index in [9.17, 15) is 9.59 Å². The SMILES string of the molecule is Cc1cnn(C2CCCN(C(=O)c3ccc(CC(=O)O)cc3)C2)c1. The lowest BCUT2D eigenvalue weighted by molar-refractivity contribution is -0.136. The molecule has 126 valence electrons. The molecular formula is C18H21N3O3. The van der Waals surface area contributed by atoms with Gasteiger partial charge in [-0.25, -0.2) is 0 Å². The van der Waals surface area contributed by atoms with Crippen LogP contribution in [0.15, 0.2) is 36.7 Å². The summed E-state index contributed by atoms with van der Waals surface area (Å²) >= 11 is 0. The maximum atomic E-state index is 12.7. The van der Waals surface area contributed by atoms with Crippen LogP contribution in [0, 0.1) is 6.92 Å². The number of aromatic nitrogens is 2. The summed E-state index contributed by atoms with van der Waals surface area (Å²) in [5.41, 5.74) is 2.41. The molecule has 1 aliphatic heterocycles. The molecule has 1 saturated heterocycles.